The fourth-order valence-electron chi connectivity index (χ4n) is 10.5. The number of esters is 3. The Kier molecular flexibility index (Phi) is 68.2. The number of ether oxygens (including phenoxy) is 3. The van der Waals surface area contributed by atoms with Crippen LogP contribution in [0, 0.1) is 0 Å². The smallest absolute Gasteiger partial charge is 0.306 e. The first-order valence-electron chi connectivity index (χ1n) is 36.1. The Balaban J connectivity index is 4.40. The third-order valence-electron chi connectivity index (χ3n) is 15.9. The quantitative estimate of drug-likeness (QED) is 0.0261. The number of carbonyl (C=O) groups excluding carboxylic acids is 3. The van der Waals surface area contributed by atoms with Gasteiger partial charge in [-0.3, -0.25) is 14.4 Å². The standard InChI is InChI=1S/C77H136O6/c1-4-7-10-13-16-19-22-25-28-31-34-36-38-39-40-42-43-46-49-52-55-58-61-64-67-70-76(79)82-73-74(72-81-75(78)69-66-63-60-57-54-51-48-45-33-30-27-24-21-18-15-12-9-6-3)83-77(80)71-68-65-62-59-56-53-50-47-44-41-37-35-32-29-26-23-20-17-14-11-8-5-2/h7,10,16,19,25,28,34,36,39-40,43,46,52,55,74H,4-6,8-9,11-15,17-18,20-24,26-27,29-33,35,37-38,41-42,44-45,47-51,53-54,56-73H2,1-3H3/b10-7-,19-16-,28-25-,36-34-,40-39-,46-43-,55-52-. The van der Waals surface area contributed by atoms with E-state index in [2.05, 4.69) is 106 Å². The van der Waals surface area contributed by atoms with E-state index in [-0.39, 0.29) is 31.1 Å². The molecule has 6 heteroatoms. The zero-order valence-electron chi connectivity index (χ0n) is 55.2. The van der Waals surface area contributed by atoms with E-state index in [9.17, 15) is 14.4 Å². The third-order valence-corrected chi connectivity index (χ3v) is 15.9. The van der Waals surface area contributed by atoms with Crippen LogP contribution in [0.25, 0.3) is 0 Å². The first kappa shape index (κ1) is 79.6. The van der Waals surface area contributed by atoms with Crippen LogP contribution in [0.5, 0.6) is 0 Å². The summed E-state index contributed by atoms with van der Waals surface area (Å²) in [5, 5.41) is 0. The minimum atomic E-state index is -0.790. The molecule has 1 unspecified atom stereocenters. The van der Waals surface area contributed by atoms with E-state index < -0.39 is 6.10 Å². The molecule has 0 rings (SSSR count). The molecule has 6 nitrogen and oxygen atoms in total. The molecular formula is C77H136O6. The van der Waals surface area contributed by atoms with Gasteiger partial charge in [-0.1, -0.05) is 356 Å². The number of hydrogen-bond acceptors (Lipinski definition) is 6. The minimum absolute atomic E-state index is 0.0822. The highest BCUT2D eigenvalue weighted by atomic mass is 16.6. The summed E-state index contributed by atoms with van der Waals surface area (Å²) in [4.78, 5) is 38.5. The van der Waals surface area contributed by atoms with Crippen LogP contribution in [0.4, 0.5) is 0 Å². The van der Waals surface area contributed by atoms with Crippen molar-refractivity contribution in [2.75, 3.05) is 13.2 Å². The maximum absolute atomic E-state index is 13.0. The summed E-state index contributed by atoms with van der Waals surface area (Å²) in [6.07, 6.45) is 94.7. The minimum Gasteiger partial charge on any atom is -0.462 e. The van der Waals surface area contributed by atoms with Gasteiger partial charge in [0.15, 0.2) is 6.10 Å². The fourth-order valence-corrected chi connectivity index (χ4v) is 10.5. The lowest BCUT2D eigenvalue weighted by Gasteiger charge is -2.18. The van der Waals surface area contributed by atoms with Crippen molar-refractivity contribution in [1.82, 2.24) is 0 Å². The highest BCUT2D eigenvalue weighted by Gasteiger charge is 2.19. The van der Waals surface area contributed by atoms with Gasteiger partial charge >= 0.3 is 17.9 Å². The summed E-state index contributed by atoms with van der Waals surface area (Å²) in [5.41, 5.74) is 0. The molecule has 1 atom stereocenters. The number of rotatable bonds is 66. The van der Waals surface area contributed by atoms with Crippen LogP contribution in [0.15, 0.2) is 85.1 Å². The Labute approximate surface area is 515 Å². The molecule has 0 saturated carbocycles. The van der Waals surface area contributed by atoms with Gasteiger partial charge in [0.2, 0.25) is 0 Å². The monoisotopic (exact) mass is 1160 g/mol. The number of hydrogen-bond donors (Lipinski definition) is 0. The molecule has 0 aliphatic heterocycles. The van der Waals surface area contributed by atoms with Gasteiger partial charge in [-0.05, 0) is 77.0 Å². The molecule has 0 aliphatic rings. The molecule has 0 saturated heterocycles. The lowest BCUT2D eigenvalue weighted by Crippen LogP contribution is -2.30. The van der Waals surface area contributed by atoms with E-state index in [1.54, 1.807) is 0 Å². The number of carbonyl (C=O) groups is 3. The second-order valence-corrected chi connectivity index (χ2v) is 24.1. The largest absolute Gasteiger partial charge is 0.462 e. The van der Waals surface area contributed by atoms with E-state index >= 15 is 0 Å². The van der Waals surface area contributed by atoms with Crippen molar-refractivity contribution in [2.45, 2.75) is 374 Å². The number of unbranched alkanes of at least 4 members (excludes halogenated alkanes) is 41. The molecule has 0 aromatic rings. The van der Waals surface area contributed by atoms with Crippen molar-refractivity contribution in [1.29, 1.82) is 0 Å². The Hall–Kier alpha value is -3.41. The zero-order chi connectivity index (χ0) is 59.9. The molecule has 0 N–H and O–H groups in total. The van der Waals surface area contributed by atoms with E-state index in [1.165, 1.54) is 218 Å². The Morgan fingerprint density at radius 2 is 0.470 bits per heavy atom. The molecule has 0 aromatic heterocycles. The van der Waals surface area contributed by atoms with Crippen molar-refractivity contribution >= 4 is 17.9 Å². The third kappa shape index (κ3) is 69.3. The summed E-state index contributed by atoms with van der Waals surface area (Å²) in [6, 6.07) is 0. The lowest BCUT2D eigenvalue weighted by atomic mass is 10.0. The molecule has 0 spiro atoms. The molecule has 0 radical (unpaired) electrons. The molecule has 480 valence electrons. The Bertz CT molecular complexity index is 1570. The van der Waals surface area contributed by atoms with Crippen molar-refractivity contribution in [2.24, 2.45) is 0 Å². The molecule has 0 amide bonds. The second kappa shape index (κ2) is 71.1. The average Bonchev–Trinajstić information content (AvgIpc) is 3.50. The second-order valence-electron chi connectivity index (χ2n) is 24.1. The van der Waals surface area contributed by atoms with Gasteiger partial charge < -0.3 is 14.2 Å². The highest BCUT2D eigenvalue weighted by Crippen LogP contribution is 2.18. The van der Waals surface area contributed by atoms with Crippen LogP contribution >= 0.6 is 0 Å². The van der Waals surface area contributed by atoms with Gasteiger partial charge in [0.05, 0.1) is 0 Å². The zero-order valence-corrected chi connectivity index (χ0v) is 55.2. The van der Waals surface area contributed by atoms with Crippen LogP contribution in [-0.4, -0.2) is 37.2 Å². The molecule has 0 aliphatic carbocycles. The summed E-state index contributed by atoms with van der Waals surface area (Å²) in [5.74, 6) is -0.892. The van der Waals surface area contributed by atoms with Gasteiger partial charge in [0.25, 0.3) is 0 Å². The molecule has 0 fully saturated rings. The maximum atomic E-state index is 13.0. The van der Waals surface area contributed by atoms with Crippen molar-refractivity contribution in [3.63, 3.8) is 0 Å². The van der Waals surface area contributed by atoms with E-state index in [0.29, 0.717) is 19.3 Å². The predicted octanol–water partition coefficient (Wildman–Crippen LogP) is 25.0. The van der Waals surface area contributed by atoms with Crippen LogP contribution in [0.1, 0.15) is 367 Å². The Morgan fingerprint density at radius 3 is 0.735 bits per heavy atom. The van der Waals surface area contributed by atoms with Gasteiger partial charge in [-0.15, -0.1) is 0 Å². The van der Waals surface area contributed by atoms with Crippen molar-refractivity contribution in [3.8, 4) is 0 Å². The molecule has 0 bridgehead atoms. The van der Waals surface area contributed by atoms with Crippen LogP contribution < -0.4 is 0 Å². The summed E-state index contributed by atoms with van der Waals surface area (Å²) < 4.78 is 17.0. The van der Waals surface area contributed by atoms with Gasteiger partial charge in [-0.25, -0.2) is 0 Å². The molecule has 0 heterocycles. The van der Waals surface area contributed by atoms with Crippen LogP contribution in [0.2, 0.25) is 0 Å². The van der Waals surface area contributed by atoms with Crippen molar-refractivity contribution < 1.29 is 28.6 Å². The molecular weight excluding hydrogens is 1020 g/mol. The molecule has 83 heavy (non-hydrogen) atoms. The first-order chi connectivity index (χ1) is 41.0. The topological polar surface area (TPSA) is 78.9 Å². The molecule has 0 aromatic carbocycles. The predicted molar refractivity (Wildman–Crippen MR) is 362 cm³/mol. The SMILES string of the molecule is CC/C=C\C/C=C\C/C=C\C/C=C\C/C=C\C/C=C\C/C=C\CCCCCC(=O)OCC(COC(=O)CCCCCCCCCCCCCCCCCCCC)OC(=O)CCCCCCCCCCCCCCCCCCCCCCCC. The summed E-state index contributed by atoms with van der Waals surface area (Å²) >= 11 is 0. The average molecular weight is 1160 g/mol. The Morgan fingerprint density at radius 1 is 0.253 bits per heavy atom. The van der Waals surface area contributed by atoms with E-state index in [4.69, 9.17) is 14.2 Å². The van der Waals surface area contributed by atoms with Gasteiger partial charge in [0.1, 0.15) is 13.2 Å². The van der Waals surface area contributed by atoms with E-state index in [1.807, 2.05) is 0 Å². The maximum Gasteiger partial charge on any atom is 0.306 e. The van der Waals surface area contributed by atoms with E-state index in [0.717, 1.165) is 109 Å². The van der Waals surface area contributed by atoms with Gasteiger partial charge in [0, 0.05) is 19.3 Å². The number of allylic oxidation sites excluding steroid dienone is 14. The van der Waals surface area contributed by atoms with Crippen LogP contribution in [0.3, 0.4) is 0 Å². The summed E-state index contributed by atoms with van der Waals surface area (Å²) in [6.45, 7) is 6.57. The van der Waals surface area contributed by atoms with Crippen LogP contribution in [-0.2, 0) is 28.6 Å². The first-order valence-corrected chi connectivity index (χ1v) is 36.1. The summed E-state index contributed by atoms with van der Waals surface area (Å²) in [7, 11) is 0. The van der Waals surface area contributed by atoms with Gasteiger partial charge in [-0.2, -0.15) is 0 Å². The lowest BCUT2D eigenvalue weighted by molar-refractivity contribution is -0.167. The fraction of sp³-hybridized carbons (Fsp3) is 0.779. The van der Waals surface area contributed by atoms with Crippen molar-refractivity contribution in [3.05, 3.63) is 85.1 Å². The highest BCUT2D eigenvalue weighted by molar-refractivity contribution is 5.71. The normalized spacial score (nSPS) is 12.6.